The van der Waals surface area contributed by atoms with Crippen LogP contribution in [0.2, 0.25) is 5.15 Å². The standard InChI is InChI=1S/C21H26ClN3/c22-21-14-18(10-11-23-21)16-25-13-5-9-20(25)19-8-4-12-24(19)15-17-6-2-1-3-7-17/h1-3,6-7,10-11,14,19-20H,4-5,8-9,12-13,15-16H2. The molecule has 0 bridgehead atoms. The largest absolute Gasteiger partial charge is 0.295 e. The summed E-state index contributed by atoms with van der Waals surface area (Å²) < 4.78 is 0. The van der Waals surface area contributed by atoms with Crippen molar-refractivity contribution in [1.82, 2.24) is 14.8 Å². The monoisotopic (exact) mass is 355 g/mol. The summed E-state index contributed by atoms with van der Waals surface area (Å²) in [5.74, 6) is 0. The minimum Gasteiger partial charge on any atom is -0.295 e. The lowest BCUT2D eigenvalue weighted by molar-refractivity contribution is 0.124. The van der Waals surface area contributed by atoms with Gasteiger partial charge in [0, 0.05) is 31.4 Å². The van der Waals surface area contributed by atoms with Gasteiger partial charge in [0.25, 0.3) is 0 Å². The van der Waals surface area contributed by atoms with E-state index in [0.717, 1.165) is 13.1 Å². The molecule has 2 fully saturated rings. The lowest BCUT2D eigenvalue weighted by atomic mass is 10.0. The molecule has 4 rings (SSSR count). The highest BCUT2D eigenvalue weighted by Gasteiger charge is 2.37. The second-order valence-electron chi connectivity index (χ2n) is 7.33. The molecule has 3 heterocycles. The third-order valence-corrected chi connectivity index (χ3v) is 5.88. The maximum Gasteiger partial charge on any atom is 0.129 e. The molecule has 132 valence electrons. The Balaban J connectivity index is 1.45. The molecule has 25 heavy (non-hydrogen) atoms. The lowest BCUT2D eigenvalue weighted by Gasteiger charge is -2.35. The normalized spacial score (nSPS) is 24.8. The van der Waals surface area contributed by atoms with E-state index in [1.54, 1.807) is 0 Å². The molecule has 1 aromatic heterocycles. The molecule has 0 spiro atoms. The van der Waals surface area contributed by atoms with Crippen LogP contribution in [0.15, 0.2) is 48.7 Å². The molecule has 3 nitrogen and oxygen atoms in total. The topological polar surface area (TPSA) is 19.4 Å². The van der Waals surface area contributed by atoms with Gasteiger partial charge in [-0.3, -0.25) is 9.80 Å². The summed E-state index contributed by atoms with van der Waals surface area (Å²) in [5, 5.41) is 0.597. The van der Waals surface area contributed by atoms with Gasteiger partial charge in [0.05, 0.1) is 0 Å². The summed E-state index contributed by atoms with van der Waals surface area (Å²) in [5.41, 5.74) is 2.71. The number of pyridine rings is 1. The zero-order chi connectivity index (χ0) is 17.1. The summed E-state index contributed by atoms with van der Waals surface area (Å²) in [6.07, 6.45) is 7.09. The smallest absolute Gasteiger partial charge is 0.129 e. The summed E-state index contributed by atoms with van der Waals surface area (Å²) in [6, 6.07) is 16.3. The van der Waals surface area contributed by atoms with Gasteiger partial charge in [-0.15, -0.1) is 0 Å². The van der Waals surface area contributed by atoms with E-state index in [0.29, 0.717) is 17.2 Å². The molecular formula is C21H26ClN3. The summed E-state index contributed by atoms with van der Waals surface area (Å²) in [6.45, 7) is 4.49. The minimum atomic E-state index is 0.597. The van der Waals surface area contributed by atoms with Crippen LogP contribution in [-0.2, 0) is 13.1 Å². The van der Waals surface area contributed by atoms with E-state index >= 15 is 0 Å². The molecule has 0 aliphatic carbocycles. The van der Waals surface area contributed by atoms with Crippen molar-refractivity contribution < 1.29 is 0 Å². The van der Waals surface area contributed by atoms with E-state index < -0.39 is 0 Å². The van der Waals surface area contributed by atoms with Crippen molar-refractivity contribution in [2.45, 2.75) is 50.9 Å². The SMILES string of the molecule is Clc1cc(CN2CCCC2C2CCCN2Cc2ccccc2)ccn1. The van der Waals surface area contributed by atoms with E-state index in [4.69, 9.17) is 11.6 Å². The van der Waals surface area contributed by atoms with Crippen LogP contribution in [-0.4, -0.2) is 40.0 Å². The van der Waals surface area contributed by atoms with Crippen molar-refractivity contribution in [3.8, 4) is 0 Å². The number of nitrogens with zero attached hydrogens (tertiary/aromatic N) is 3. The number of benzene rings is 1. The van der Waals surface area contributed by atoms with E-state index in [2.05, 4.69) is 51.2 Å². The first-order chi connectivity index (χ1) is 12.3. The second kappa shape index (κ2) is 7.86. The zero-order valence-electron chi connectivity index (χ0n) is 14.6. The van der Waals surface area contributed by atoms with Crippen molar-refractivity contribution >= 4 is 11.6 Å². The number of rotatable bonds is 5. The molecule has 2 aliphatic heterocycles. The Labute approximate surface area is 155 Å². The molecule has 2 saturated heterocycles. The average Bonchev–Trinajstić information content (AvgIpc) is 3.25. The van der Waals surface area contributed by atoms with Crippen LogP contribution in [0.5, 0.6) is 0 Å². The van der Waals surface area contributed by atoms with E-state index in [1.807, 2.05) is 12.3 Å². The van der Waals surface area contributed by atoms with Crippen LogP contribution in [0.1, 0.15) is 36.8 Å². The minimum absolute atomic E-state index is 0.597. The predicted octanol–water partition coefficient (Wildman–Crippen LogP) is 4.36. The molecule has 1 aromatic carbocycles. The van der Waals surface area contributed by atoms with Gasteiger partial charge in [0.1, 0.15) is 5.15 Å². The Hall–Kier alpha value is -1.42. The van der Waals surface area contributed by atoms with E-state index in [1.165, 1.54) is 49.9 Å². The molecule has 2 unspecified atom stereocenters. The van der Waals surface area contributed by atoms with Gasteiger partial charge in [0.2, 0.25) is 0 Å². The number of hydrogen-bond donors (Lipinski definition) is 0. The van der Waals surface area contributed by atoms with Crippen LogP contribution < -0.4 is 0 Å². The van der Waals surface area contributed by atoms with Gasteiger partial charge >= 0.3 is 0 Å². The van der Waals surface area contributed by atoms with E-state index in [9.17, 15) is 0 Å². The van der Waals surface area contributed by atoms with Gasteiger partial charge in [-0.25, -0.2) is 4.98 Å². The molecule has 2 atom stereocenters. The Kier molecular flexibility index (Phi) is 5.35. The van der Waals surface area contributed by atoms with Crippen LogP contribution >= 0.6 is 11.6 Å². The maximum atomic E-state index is 6.07. The highest BCUT2D eigenvalue weighted by Crippen LogP contribution is 2.32. The third-order valence-electron chi connectivity index (χ3n) is 5.68. The number of hydrogen-bond acceptors (Lipinski definition) is 3. The first-order valence-corrected chi connectivity index (χ1v) is 9.80. The molecule has 2 aliphatic rings. The van der Waals surface area contributed by atoms with Crippen molar-refractivity contribution in [2.24, 2.45) is 0 Å². The van der Waals surface area contributed by atoms with Gasteiger partial charge in [-0.2, -0.15) is 0 Å². The molecule has 0 radical (unpaired) electrons. The molecule has 2 aromatic rings. The highest BCUT2D eigenvalue weighted by atomic mass is 35.5. The highest BCUT2D eigenvalue weighted by molar-refractivity contribution is 6.29. The fraction of sp³-hybridized carbons (Fsp3) is 0.476. The van der Waals surface area contributed by atoms with Crippen molar-refractivity contribution in [1.29, 1.82) is 0 Å². The summed E-state index contributed by atoms with van der Waals surface area (Å²) >= 11 is 6.07. The van der Waals surface area contributed by atoms with Gasteiger partial charge in [-0.1, -0.05) is 41.9 Å². The second-order valence-corrected chi connectivity index (χ2v) is 7.72. The Morgan fingerprint density at radius 2 is 1.52 bits per heavy atom. The third kappa shape index (κ3) is 4.05. The predicted molar refractivity (Wildman–Crippen MR) is 103 cm³/mol. The molecule has 0 amide bonds. The van der Waals surface area contributed by atoms with Gasteiger partial charge < -0.3 is 0 Å². The Morgan fingerprint density at radius 3 is 2.16 bits per heavy atom. The van der Waals surface area contributed by atoms with Gasteiger partial charge in [-0.05, 0) is 62.0 Å². The molecular weight excluding hydrogens is 330 g/mol. The van der Waals surface area contributed by atoms with Crippen LogP contribution in [0, 0.1) is 0 Å². The van der Waals surface area contributed by atoms with Crippen molar-refractivity contribution in [3.63, 3.8) is 0 Å². The quantitative estimate of drug-likeness (QED) is 0.743. The number of aromatic nitrogens is 1. The summed E-state index contributed by atoms with van der Waals surface area (Å²) in [7, 11) is 0. The Morgan fingerprint density at radius 1 is 0.880 bits per heavy atom. The number of halogens is 1. The van der Waals surface area contributed by atoms with Crippen LogP contribution in [0.4, 0.5) is 0 Å². The van der Waals surface area contributed by atoms with Gasteiger partial charge in [0.15, 0.2) is 0 Å². The molecule has 0 N–H and O–H groups in total. The average molecular weight is 356 g/mol. The zero-order valence-corrected chi connectivity index (χ0v) is 15.4. The first kappa shape index (κ1) is 17.0. The van der Waals surface area contributed by atoms with Crippen molar-refractivity contribution in [3.05, 3.63) is 64.9 Å². The van der Waals surface area contributed by atoms with E-state index in [-0.39, 0.29) is 0 Å². The fourth-order valence-electron chi connectivity index (χ4n) is 4.56. The maximum absolute atomic E-state index is 6.07. The number of likely N-dealkylation sites (tertiary alicyclic amines) is 2. The fourth-order valence-corrected chi connectivity index (χ4v) is 4.76. The van der Waals surface area contributed by atoms with Crippen molar-refractivity contribution in [2.75, 3.05) is 13.1 Å². The molecule has 4 heteroatoms. The molecule has 0 saturated carbocycles. The summed E-state index contributed by atoms with van der Waals surface area (Å²) in [4.78, 5) is 9.48. The lowest BCUT2D eigenvalue weighted by Crippen LogP contribution is -2.45. The first-order valence-electron chi connectivity index (χ1n) is 9.42. The van der Waals surface area contributed by atoms with Crippen LogP contribution in [0.25, 0.3) is 0 Å². The van der Waals surface area contributed by atoms with Crippen LogP contribution in [0.3, 0.4) is 0 Å². The Bertz CT molecular complexity index is 691.